The topological polar surface area (TPSA) is 62.4 Å². The summed E-state index contributed by atoms with van der Waals surface area (Å²) in [5.74, 6) is 0. The second-order valence-corrected chi connectivity index (χ2v) is 4.94. The van der Waals surface area contributed by atoms with Crippen molar-refractivity contribution >= 4 is 0 Å². The van der Waals surface area contributed by atoms with Crippen molar-refractivity contribution in [2.45, 2.75) is 37.8 Å². The van der Waals surface area contributed by atoms with Gasteiger partial charge in [0.1, 0.15) is 0 Å². The Morgan fingerprint density at radius 1 is 1.50 bits per heavy atom. The minimum Gasteiger partial charge on any atom is -0.396 e. The molecule has 100 valence electrons. The van der Waals surface area contributed by atoms with Gasteiger partial charge in [0.05, 0.1) is 0 Å². The van der Waals surface area contributed by atoms with Crippen molar-refractivity contribution in [1.82, 2.24) is 9.88 Å². The standard InChI is InChI=1S/C14H23N3O/c15-10-14(12-4-3-7-16-11-12)17-8-2-1-5-13(17)6-9-18/h3-4,7,11,13-14,18H,1-2,5-6,8-10,15H2. The molecule has 1 aliphatic heterocycles. The Hall–Kier alpha value is -0.970. The molecule has 1 saturated heterocycles. The first kappa shape index (κ1) is 13.5. The zero-order valence-electron chi connectivity index (χ0n) is 10.8. The van der Waals surface area contributed by atoms with Gasteiger partial charge in [-0.15, -0.1) is 0 Å². The molecule has 0 saturated carbocycles. The predicted octanol–water partition coefficient (Wildman–Crippen LogP) is 1.32. The number of pyridine rings is 1. The summed E-state index contributed by atoms with van der Waals surface area (Å²) in [6.45, 7) is 1.93. The maximum atomic E-state index is 9.19. The van der Waals surface area contributed by atoms with Crippen LogP contribution >= 0.6 is 0 Å². The Balaban J connectivity index is 2.14. The summed E-state index contributed by atoms with van der Waals surface area (Å²) in [4.78, 5) is 6.64. The zero-order chi connectivity index (χ0) is 12.8. The molecule has 1 aromatic rings. The number of nitrogens with two attached hydrogens (primary N) is 1. The number of likely N-dealkylation sites (tertiary alicyclic amines) is 1. The Bertz CT molecular complexity index is 342. The number of aromatic nitrogens is 1. The van der Waals surface area contributed by atoms with E-state index in [2.05, 4.69) is 16.0 Å². The van der Waals surface area contributed by atoms with Crippen molar-refractivity contribution in [3.8, 4) is 0 Å². The third-order valence-corrected chi connectivity index (χ3v) is 3.83. The molecule has 2 rings (SSSR count). The summed E-state index contributed by atoms with van der Waals surface area (Å²) < 4.78 is 0. The summed E-state index contributed by atoms with van der Waals surface area (Å²) in [7, 11) is 0. The van der Waals surface area contributed by atoms with E-state index in [0.29, 0.717) is 12.6 Å². The lowest BCUT2D eigenvalue weighted by molar-refractivity contribution is 0.0781. The molecule has 3 N–H and O–H groups in total. The van der Waals surface area contributed by atoms with Crippen molar-refractivity contribution in [2.24, 2.45) is 5.73 Å². The van der Waals surface area contributed by atoms with Gasteiger partial charge in [-0.05, 0) is 37.4 Å². The van der Waals surface area contributed by atoms with Gasteiger partial charge in [-0.25, -0.2) is 0 Å². The van der Waals surface area contributed by atoms with E-state index in [4.69, 9.17) is 5.73 Å². The quantitative estimate of drug-likeness (QED) is 0.826. The second-order valence-electron chi connectivity index (χ2n) is 4.94. The predicted molar refractivity (Wildman–Crippen MR) is 72.1 cm³/mol. The van der Waals surface area contributed by atoms with E-state index in [-0.39, 0.29) is 12.6 Å². The molecule has 0 amide bonds. The molecular weight excluding hydrogens is 226 g/mol. The van der Waals surface area contributed by atoms with Gasteiger partial charge >= 0.3 is 0 Å². The Labute approximate surface area is 109 Å². The molecule has 2 unspecified atom stereocenters. The number of hydrogen-bond acceptors (Lipinski definition) is 4. The first-order valence-electron chi connectivity index (χ1n) is 6.83. The molecule has 0 spiro atoms. The van der Waals surface area contributed by atoms with Gasteiger partial charge in [-0.2, -0.15) is 0 Å². The van der Waals surface area contributed by atoms with Gasteiger partial charge < -0.3 is 10.8 Å². The first-order chi connectivity index (χ1) is 8.86. The SMILES string of the molecule is NCC(c1cccnc1)N1CCCCC1CCO. The van der Waals surface area contributed by atoms with Crippen LogP contribution in [0.1, 0.15) is 37.3 Å². The zero-order valence-corrected chi connectivity index (χ0v) is 10.8. The fourth-order valence-corrected chi connectivity index (χ4v) is 2.93. The number of rotatable bonds is 5. The second kappa shape index (κ2) is 6.83. The number of aliphatic hydroxyl groups is 1. The van der Waals surface area contributed by atoms with Crippen LogP contribution in [0.25, 0.3) is 0 Å². The lowest BCUT2D eigenvalue weighted by Crippen LogP contribution is -2.45. The number of nitrogens with zero attached hydrogens (tertiary/aromatic N) is 2. The summed E-state index contributed by atoms with van der Waals surface area (Å²) in [6, 6.07) is 4.74. The van der Waals surface area contributed by atoms with Crippen molar-refractivity contribution in [1.29, 1.82) is 0 Å². The molecule has 1 fully saturated rings. The average Bonchev–Trinajstić information content (AvgIpc) is 2.43. The molecule has 0 aliphatic carbocycles. The van der Waals surface area contributed by atoms with E-state index in [0.717, 1.165) is 19.4 Å². The molecule has 2 atom stereocenters. The van der Waals surface area contributed by atoms with E-state index in [1.807, 2.05) is 12.3 Å². The molecule has 1 aliphatic rings. The normalized spacial score (nSPS) is 22.9. The summed E-state index contributed by atoms with van der Waals surface area (Å²) in [5.41, 5.74) is 7.15. The number of hydrogen-bond donors (Lipinski definition) is 2. The monoisotopic (exact) mass is 249 g/mol. The highest BCUT2D eigenvalue weighted by Gasteiger charge is 2.28. The first-order valence-corrected chi connectivity index (χ1v) is 6.83. The molecule has 0 radical (unpaired) electrons. The average molecular weight is 249 g/mol. The summed E-state index contributed by atoms with van der Waals surface area (Å²) >= 11 is 0. The molecule has 0 aromatic carbocycles. The van der Waals surface area contributed by atoms with E-state index in [9.17, 15) is 5.11 Å². The van der Waals surface area contributed by atoms with Crippen molar-refractivity contribution < 1.29 is 5.11 Å². The van der Waals surface area contributed by atoms with Gasteiger partial charge in [0.2, 0.25) is 0 Å². The summed E-state index contributed by atoms with van der Waals surface area (Å²) in [5, 5.41) is 9.19. The third-order valence-electron chi connectivity index (χ3n) is 3.83. The van der Waals surface area contributed by atoms with E-state index < -0.39 is 0 Å². The van der Waals surface area contributed by atoms with Crippen LogP contribution < -0.4 is 5.73 Å². The molecule has 2 heterocycles. The van der Waals surface area contributed by atoms with Crippen LogP contribution in [-0.2, 0) is 0 Å². The fourth-order valence-electron chi connectivity index (χ4n) is 2.93. The maximum Gasteiger partial charge on any atom is 0.0488 e. The maximum absolute atomic E-state index is 9.19. The highest BCUT2D eigenvalue weighted by atomic mass is 16.3. The Morgan fingerprint density at radius 2 is 2.39 bits per heavy atom. The fraction of sp³-hybridized carbons (Fsp3) is 0.643. The van der Waals surface area contributed by atoms with E-state index in [1.54, 1.807) is 6.20 Å². The lowest BCUT2D eigenvalue weighted by atomic mass is 9.95. The highest BCUT2D eigenvalue weighted by molar-refractivity contribution is 5.15. The Morgan fingerprint density at radius 3 is 3.06 bits per heavy atom. The molecule has 18 heavy (non-hydrogen) atoms. The van der Waals surface area contributed by atoms with Gasteiger partial charge in [-0.1, -0.05) is 12.5 Å². The smallest absolute Gasteiger partial charge is 0.0488 e. The lowest BCUT2D eigenvalue weighted by Gasteiger charge is -2.41. The van der Waals surface area contributed by atoms with Crippen molar-refractivity contribution in [3.63, 3.8) is 0 Å². The van der Waals surface area contributed by atoms with Crippen LogP contribution in [0, 0.1) is 0 Å². The van der Waals surface area contributed by atoms with Crippen LogP contribution in [0.2, 0.25) is 0 Å². The van der Waals surface area contributed by atoms with Crippen LogP contribution in [0.3, 0.4) is 0 Å². The van der Waals surface area contributed by atoms with Gasteiger partial charge in [0.15, 0.2) is 0 Å². The van der Waals surface area contributed by atoms with Crippen LogP contribution in [0.4, 0.5) is 0 Å². The van der Waals surface area contributed by atoms with Crippen LogP contribution in [0.5, 0.6) is 0 Å². The molecule has 4 nitrogen and oxygen atoms in total. The Kier molecular flexibility index (Phi) is 5.11. The third kappa shape index (κ3) is 3.07. The van der Waals surface area contributed by atoms with Crippen molar-refractivity contribution in [3.05, 3.63) is 30.1 Å². The number of piperidine rings is 1. The van der Waals surface area contributed by atoms with Crippen LogP contribution in [-0.4, -0.2) is 40.7 Å². The molecule has 4 heteroatoms. The van der Waals surface area contributed by atoms with Gasteiger partial charge in [0.25, 0.3) is 0 Å². The molecule has 1 aromatic heterocycles. The minimum atomic E-state index is 0.232. The summed E-state index contributed by atoms with van der Waals surface area (Å²) in [6.07, 6.45) is 8.18. The van der Waals surface area contributed by atoms with E-state index >= 15 is 0 Å². The largest absolute Gasteiger partial charge is 0.396 e. The highest BCUT2D eigenvalue weighted by Crippen LogP contribution is 2.29. The van der Waals surface area contributed by atoms with E-state index in [1.165, 1.54) is 18.4 Å². The van der Waals surface area contributed by atoms with Crippen molar-refractivity contribution in [2.75, 3.05) is 19.7 Å². The van der Waals surface area contributed by atoms with Crippen LogP contribution in [0.15, 0.2) is 24.5 Å². The molecule has 0 bridgehead atoms. The molecular formula is C14H23N3O. The minimum absolute atomic E-state index is 0.232. The van der Waals surface area contributed by atoms with Gasteiger partial charge in [0, 0.05) is 37.6 Å². The van der Waals surface area contributed by atoms with Gasteiger partial charge in [-0.3, -0.25) is 9.88 Å². The number of aliphatic hydroxyl groups excluding tert-OH is 1.